The molecule has 3 aromatic rings. The van der Waals surface area contributed by atoms with Gasteiger partial charge in [0, 0.05) is 25.1 Å². The fourth-order valence-electron chi connectivity index (χ4n) is 3.83. The average Bonchev–Trinajstić information content (AvgIpc) is 2.70. The number of aromatic amines is 1. The van der Waals surface area contributed by atoms with E-state index in [2.05, 4.69) is 34.6 Å². The van der Waals surface area contributed by atoms with E-state index in [9.17, 15) is 9.59 Å². The first-order valence-corrected chi connectivity index (χ1v) is 9.54. The minimum atomic E-state index is -0.167. The molecule has 0 bridgehead atoms. The summed E-state index contributed by atoms with van der Waals surface area (Å²) in [5.74, 6) is 0.206. The molecule has 4 rings (SSSR count). The van der Waals surface area contributed by atoms with Crippen molar-refractivity contribution in [1.29, 1.82) is 0 Å². The van der Waals surface area contributed by atoms with E-state index in [1.54, 1.807) is 25.2 Å². The Morgan fingerprint density at radius 2 is 2.11 bits per heavy atom. The van der Waals surface area contributed by atoms with Crippen molar-refractivity contribution >= 4 is 29.0 Å². The molecule has 0 saturated carbocycles. The molecule has 0 aliphatic heterocycles. The highest BCUT2D eigenvalue weighted by Gasteiger charge is 2.20. The quantitative estimate of drug-likeness (QED) is 0.685. The lowest BCUT2D eigenvalue weighted by molar-refractivity contribution is 0.0950. The first kappa shape index (κ1) is 17.7. The van der Waals surface area contributed by atoms with E-state index < -0.39 is 0 Å². The van der Waals surface area contributed by atoms with Crippen LogP contribution in [0.1, 0.15) is 40.2 Å². The Kier molecular flexibility index (Phi) is 4.66. The fourth-order valence-corrected chi connectivity index (χ4v) is 4.02. The van der Waals surface area contributed by atoms with Crippen molar-refractivity contribution in [2.45, 2.75) is 25.2 Å². The lowest BCUT2D eigenvalue weighted by Crippen LogP contribution is -2.30. The number of rotatable bonds is 3. The lowest BCUT2D eigenvalue weighted by atomic mass is 9.83. The van der Waals surface area contributed by atoms with Gasteiger partial charge in [-0.15, -0.1) is 0 Å². The molecule has 1 aliphatic rings. The standard InChI is InChI=1S/C21H21N3O2S/c1-24-20(26)17-10-9-14(11-18(17)23-21(24)27)19(25)22-12-15-7-4-6-13-5-2-3-8-16(13)15/h2-3,5,8-11,15H,4,6-7,12H2,1H3,(H,22,25)(H,23,27)/t15-/m0/s1. The first-order valence-electron chi connectivity index (χ1n) is 9.13. The number of nitrogens with zero attached hydrogens (tertiary/aromatic N) is 1. The zero-order valence-electron chi connectivity index (χ0n) is 15.1. The molecule has 1 atom stereocenters. The number of aryl methyl sites for hydroxylation is 1. The normalized spacial score (nSPS) is 16.1. The average molecular weight is 379 g/mol. The molecule has 1 aliphatic carbocycles. The Labute approximate surface area is 162 Å². The van der Waals surface area contributed by atoms with E-state index in [4.69, 9.17) is 12.2 Å². The molecule has 1 aromatic heterocycles. The third-order valence-corrected chi connectivity index (χ3v) is 5.74. The number of amides is 1. The summed E-state index contributed by atoms with van der Waals surface area (Å²) in [6.07, 6.45) is 3.34. The second-order valence-electron chi connectivity index (χ2n) is 7.05. The van der Waals surface area contributed by atoms with Crippen LogP contribution in [0.4, 0.5) is 0 Å². The Morgan fingerprint density at radius 3 is 2.96 bits per heavy atom. The summed E-state index contributed by atoms with van der Waals surface area (Å²) < 4.78 is 1.72. The van der Waals surface area contributed by atoms with E-state index in [0.29, 0.717) is 33.7 Å². The van der Waals surface area contributed by atoms with E-state index in [-0.39, 0.29) is 11.5 Å². The van der Waals surface area contributed by atoms with Gasteiger partial charge < -0.3 is 10.3 Å². The van der Waals surface area contributed by atoms with Crippen LogP contribution in [0.2, 0.25) is 0 Å². The van der Waals surface area contributed by atoms with E-state index in [1.807, 2.05) is 0 Å². The van der Waals surface area contributed by atoms with Crippen LogP contribution in [0.5, 0.6) is 0 Å². The van der Waals surface area contributed by atoms with Gasteiger partial charge in [0.05, 0.1) is 10.9 Å². The summed E-state index contributed by atoms with van der Waals surface area (Å²) in [5, 5.41) is 3.57. The van der Waals surface area contributed by atoms with Crippen molar-refractivity contribution in [3.63, 3.8) is 0 Å². The maximum Gasteiger partial charge on any atom is 0.261 e. The highest BCUT2D eigenvalue weighted by Crippen LogP contribution is 2.30. The first-order chi connectivity index (χ1) is 13.0. The summed E-state index contributed by atoms with van der Waals surface area (Å²) >= 11 is 5.16. The van der Waals surface area contributed by atoms with Crippen LogP contribution in [-0.2, 0) is 13.5 Å². The molecule has 27 heavy (non-hydrogen) atoms. The Bertz CT molecular complexity index is 1150. The number of H-pyrrole nitrogens is 1. The predicted molar refractivity (Wildman–Crippen MR) is 109 cm³/mol. The minimum Gasteiger partial charge on any atom is -0.351 e. The van der Waals surface area contributed by atoms with Crippen molar-refractivity contribution < 1.29 is 4.79 Å². The van der Waals surface area contributed by atoms with Gasteiger partial charge in [-0.2, -0.15) is 0 Å². The van der Waals surface area contributed by atoms with Gasteiger partial charge in [0.25, 0.3) is 11.5 Å². The van der Waals surface area contributed by atoms with Crippen LogP contribution in [0.25, 0.3) is 10.9 Å². The van der Waals surface area contributed by atoms with Crippen LogP contribution in [0.15, 0.2) is 47.3 Å². The second kappa shape index (κ2) is 7.12. The predicted octanol–water partition coefficient (Wildman–Crippen LogP) is 3.45. The van der Waals surface area contributed by atoms with Crippen LogP contribution in [0.3, 0.4) is 0 Å². The molecule has 1 heterocycles. The van der Waals surface area contributed by atoms with Crippen molar-refractivity contribution in [1.82, 2.24) is 14.9 Å². The van der Waals surface area contributed by atoms with Crippen molar-refractivity contribution in [3.05, 3.63) is 74.3 Å². The van der Waals surface area contributed by atoms with Crippen LogP contribution < -0.4 is 10.9 Å². The number of fused-ring (bicyclic) bond motifs is 2. The number of nitrogens with one attached hydrogen (secondary N) is 2. The van der Waals surface area contributed by atoms with Crippen molar-refractivity contribution in [2.75, 3.05) is 6.54 Å². The Balaban J connectivity index is 1.55. The molecule has 0 saturated heterocycles. The number of hydrogen-bond acceptors (Lipinski definition) is 3. The highest BCUT2D eigenvalue weighted by atomic mass is 32.1. The molecule has 1 amide bonds. The molecular weight excluding hydrogens is 358 g/mol. The number of benzene rings is 2. The molecule has 2 N–H and O–H groups in total. The second-order valence-corrected chi connectivity index (χ2v) is 7.44. The largest absolute Gasteiger partial charge is 0.351 e. The maximum absolute atomic E-state index is 12.6. The zero-order valence-corrected chi connectivity index (χ0v) is 15.9. The highest BCUT2D eigenvalue weighted by molar-refractivity contribution is 7.71. The summed E-state index contributed by atoms with van der Waals surface area (Å²) in [5.41, 5.74) is 3.66. The van der Waals surface area contributed by atoms with Crippen LogP contribution >= 0.6 is 12.2 Å². The van der Waals surface area contributed by atoms with E-state index in [0.717, 1.165) is 19.3 Å². The van der Waals surface area contributed by atoms with Gasteiger partial charge in [-0.1, -0.05) is 24.3 Å². The smallest absolute Gasteiger partial charge is 0.261 e. The molecule has 0 spiro atoms. The number of carbonyl (C=O) groups excluding carboxylic acids is 1. The summed E-state index contributed by atoms with van der Waals surface area (Å²) in [4.78, 5) is 27.9. The van der Waals surface area contributed by atoms with Crippen molar-refractivity contribution in [2.24, 2.45) is 7.05 Å². The summed E-state index contributed by atoms with van der Waals surface area (Å²) in [7, 11) is 1.63. The van der Waals surface area contributed by atoms with Crippen LogP contribution in [-0.4, -0.2) is 22.0 Å². The number of carbonyl (C=O) groups is 1. The lowest BCUT2D eigenvalue weighted by Gasteiger charge is -2.25. The fraction of sp³-hybridized carbons (Fsp3) is 0.286. The molecule has 0 radical (unpaired) electrons. The van der Waals surface area contributed by atoms with Gasteiger partial charge in [-0.05, 0) is 60.8 Å². The van der Waals surface area contributed by atoms with E-state index in [1.165, 1.54) is 15.7 Å². The van der Waals surface area contributed by atoms with Gasteiger partial charge in [0.2, 0.25) is 0 Å². The van der Waals surface area contributed by atoms with Gasteiger partial charge >= 0.3 is 0 Å². The summed E-state index contributed by atoms with van der Waals surface area (Å²) in [6, 6.07) is 13.5. The molecule has 6 heteroatoms. The molecule has 138 valence electrons. The van der Waals surface area contributed by atoms with Gasteiger partial charge in [-0.25, -0.2) is 0 Å². The van der Waals surface area contributed by atoms with Gasteiger partial charge in [0.1, 0.15) is 0 Å². The number of aromatic nitrogens is 2. The Hall–Kier alpha value is -2.73. The zero-order chi connectivity index (χ0) is 19.0. The van der Waals surface area contributed by atoms with Crippen LogP contribution in [0, 0.1) is 4.77 Å². The summed E-state index contributed by atoms with van der Waals surface area (Å²) in [6.45, 7) is 0.612. The van der Waals surface area contributed by atoms with E-state index >= 15 is 0 Å². The SMILES string of the molecule is Cn1c(=S)[nH]c2cc(C(=O)NC[C@@H]3CCCc4ccccc43)ccc2c1=O. The van der Waals surface area contributed by atoms with Crippen molar-refractivity contribution in [3.8, 4) is 0 Å². The molecule has 0 unspecified atom stereocenters. The molecule has 0 fully saturated rings. The topological polar surface area (TPSA) is 66.9 Å². The molecule has 5 nitrogen and oxygen atoms in total. The Morgan fingerprint density at radius 1 is 1.30 bits per heavy atom. The van der Waals surface area contributed by atoms with Gasteiger partial charge in [0.15, 0.2) is 4.77 Å². The molecular formula is C21H21N3O2S. The third-order valence-electron chi connectivity index (χ3n) is 5.37. The molecule has 2 aromatic carbocycles. The number of hydrogen-bond donors (Lipinski definition) is 2. The minimum absolute atomic E-state index is 0.139. The maximum atomic E-state index is 12.6. The third kappa shape index (κ3) is 3.32. The monoisotopic (exact) mass is 379 g/mol. The van der Waals surface area contributed by atoms with Gasteiger partial charge in [-0.3, -0.25) is 14.2 Å².